The Kier molecular flexibility index (Phi) is 4.63. The molecule has 0 unspecified atom stereocenters. The van der Waals surface area contributed by atoms with Crippen molar-refractivity contribution in [2.45, 2.75) is 13.2 Å². The highest BCUT2D eigenvalue weighted by Crippen LogP contribution is 2.29. The first-order valence-electron chi connectivity index (χ1n) is 8.27. The van der Waals surface area contributed by atoms with Crippen LogP contribution in [0.5, 0.6) is 0 Å². The van der Waals surface area contributed by atoms with E-state index in [1.165, 1.54) is 16.7 Å². The molecule has 0 radical (unpaired) electrons. The molecule has 0 bridgehead atoms. The molecular formula is C18H16FN5O2S. The minimum atomic E-state index is -0.329. The maximum Gasteiger partial charge on any atom is 0.280 e. The molecule has 0 N–H and O–H groups in total. The molecule has 1 aromatic carbocycles. The average Bonchev–Trinajstić information content (AvgIpc) is 3.03. The van der Waals surface area contributed by atoms with Gasteiger partial charge in [0.05, 0.1) is 17.9 Å². The van der Waals surface area contributed by atoms with Crippen molar-refractivity contribution < 1.29 is 9.13 Å². The van der Waals surface area contributed by atoms with Gasteiger partial charge in [-0.05, 0) is 23.8 Å². The minimum Gasteiger partial charge on any atom is -0.378 e. The maximum absolute atomic E-state index is 13.3. The number of nitrogens with zero attached hydrogens (tertiary/aromatic N) is 5. The molecule has 0 atom stereocenters. The van der Waals surface area contributed by atoms with Gasteiger partial charge < -0.3 is 9.30 Å². The smallest absolute Gasteiger partial charge is 0.280 e. The molecule has 3 aromatic heterocycles. The first-order chi connectivity index (χ1) is 13.1. The van der Waals surface area contributed by atoms with E-state index < -0.39 is 0 Å². The number of benzene rings is 1. The number of aromatic nitrogens is 5. The monoisotopic (exact) mass is 385 g/mol. The lowest BCUT2D eigenvalue weighted by molar-refractivity contribution is 0.181. The number of ether oxygens (including phenoxy) is 1. The molecule has 0 saturated heterocycles. The Balaban J connectivity index is 2.02. The van der Waals surface area contributed by atoms with Gasteiger partial charge in [-0.3, -0.25) is 4.79 Å². The lowest BCUT2D eigenvalue weighted by atomic mass is 10.1. The Labute approximate surface area is 158 Å². The zero-order valence-electron chi connectivity index (χ0n) is 14.5. The summed E-state index contributed by atoms with van der Waals surface area (Å²) in [6.07, 6.45) is 1.69. The van der Waals surface area contributed by atoms with Crippen LogP contribution in [-0.2, 0) is 17.9 Å². The maximum atomic E-state index is 13.3. The van der Waals surface area contributed by atoms with Gasteiger partial charge in [0.25, 0.3) is 5.56 Å². The van der Waals surface area contributed by atoms with Gasteiger partial charge in [-0.2, -0.15) is 17.7 Å². The number of rotatable bonds is 5. The van der Waals surface area contributed by atoms with E-state index in [0.717, 1.165) is 5.56 Å². The molecule has 0 aliphatic rings. The molecule has 3 heterocycles. The molecule has 4 rings (SSSR count). The standard InChI is InChI=1S/C18H16FN5O2S/c1-26-10-13-15(11-2-4-12(19)5-3-11)17-21-20-16-14(24(17)22-13)6-7-23(8-9-27)18(16)25/h2-7,27H,8-10H2,1H3. The number of pyridine rings is 1. The molecule has 0 saturated carbocycles. The summed E-state index contributed by atoms with van der Waals surface area (Å²) in [6.45, 7) is 0.723. The molecule has 138 valence electrons. The molecule has 4 aromatic rings. The van der Waals surface area contributed by atoms with Crippen molar-refractivity contribution in [2.75, 3.05) is 12.9 Å². The van der Waals surface area contributed by atoms with Crippen LogP contribution in [0.4, 0.5) is 4.39 Å². The van der Waals surface area contributed by atoms with E-state index in [4.69, 9.17) is 4.74 Å². The van der Waals surface area contributed by atoms with E-state index in [-0.39, 0.29) is 23.5 Å². The van der Waals surface area contributed by atoms with Gasteiger partial charge in [-0.25, -0.2) is 8.91 Å². The summed E-state index contributed by atoms with van der Waals surface area (Å²) in [6, 6.07) is 7.84. The number of hydrogen-bond donors (Lipinski definition) is 1. The zero-order chi connectivity index (χ0) is 19.0. The van der Waals surface area contributed by atoms with Crippen LogP contribution in [-0.4, -0.2) is 37.2 Å². The molecule has 0 spiro atoms. The van der Waals surface area contributed by atoms with Crippen LogP contribution in [0.3, 0.4) is 0 Å². The number of hydrogen-bond acceptors (Lipinski definition) is 6. The third-order valence-electron chi connectivity index (χ3n) is 4.28. The van der Waals surface area contributed by atoms with Crippen LogP contribution in [0.15, 0.2) is 41.3 Å². The molecule has 0 amide bonds. The Bertz CT molecular complexity index is 1190. The number of thiol groups is 1. The van der Waals surface area contributed by atoms with Crippen molar-refractivity contribution >= 4 is 29.3 Å². The fourth-order valence-electron chi connectivity index (χ4n) is 3.06. The molecule has 7 nitrogen and oxygen atoms in total. The first kappa shape index (κ1) is 17.6. The summed E-state index contributed by atoms with van der Waals surface area (Å²) < 4.78 is 21.7. The fraction of sp³-hybridized carbons (Fsp3) is 0.222. The van der Waals surface area contributed by atoms with Gasteiger partial charge in [0.2, 0.25) is 0 Å². The lowest BCUT2D eigenvalue weighted by Crippen LogP contribution is -2.22. The van der Waals surface area contributed by atoms with E-state index in [0.29, 0.717) is 34.7 Å². The summed E-state index contributed by atoms with van der Waals surface area (Å²) in [5.74, 6) is 0.208. The molecule has 9 heteroatoms. The van der Waals surface area contributed by atoms with Crippen molar-refractivity contribution in [3.8, 4) is 11.1 Å². The van der Waals surface area contributed by atoms with Crippen molar-refractivity contribution in [3.05, 3.63) is 58.4 Å². The van der Waals surface area contributed by atoms with E-state index in [9.17, 15) is 9.18 Å². The van der Waals surface area contributed by atoms with Crippen LogP contribution >= 0.6 is 12.6 Å². The second-order valence-electron chi connectivity index (χ2n) is 5.97. The summed E-state index contributed by atoms with van der Waals surface area (Å²) in [4.78, 5) is 12.6. The number of methoxy groups -OCH3 is 1. The second kappa shape index (κ2) is 7.09. The van der Waals surface area contributed by atoms with Crippen molar-refractivity contribution in [3.63, 3.8) is 0 Å². The summed E-state index contributed by atoms with van der Waals surface area (Å²) in [7, 11) is 1.57. The summed E-state index contributed by atoms with van der Waals surface area (Å²) >= 11 is 4.17. The van der Waals surface area contributed by atoms with Gasteiger partial charge >= 0.3 is 0 Å². The van der Waals surface area contributed by atoms with E-state index in [2.05, 4.69) is 27.9 Å². The van der Waals surface area contributed by atoms with Gasteiger partial charge in [0.15, 0.2) is 11.2 Å². The predicted octanol–water partition coefficient (Wildman–Crippen LogP) is 2.32. The van der Waals surface area contributed by atoms with E-state index >= 15 is 0 Å². The van der Waals surface area contributed by atoms with Gasteiger partial charge in [-0.15, -0.1) is 10.2 Å². The van der Waals surface area contributed by atoms with E-state index in [1.54, 1.807) is 36.0 Å². The molecule has 27 heavy (non-hydrogen) atoms. The van der Waals surface area contributed by atoms with Crippen LogP contribution in [0.25, 0.3) is 27.8 Å². The summed E-state index contributed by atoms with van der Waals surface area (Å²) in [5, 5.41) is 13.0. The highest BCUT2D eigenvalue weighted by molar-refractivity contribution is 7.80. The third-order valence-corrected chi connectivity index (χ3v) is 4.48. The Morgan fingerprint density at radius 3 is 2.67 bits per heavy atom. The van der Waals surface area contributed by atoms with Crippen LogP contribution in [0, 0.1) is 5.82 Å². The Hall–Kier alpha value is -2.78. The molecule has 0 aliphatic heterocycles. The fourth-order valence-corrected chi connectivity index (χ4v) is 3.28. The normalized spacial score (nSPS) is 11.5. The summed E-state index contributed by atoms with van der Waals surface area (Å²) in [5.41, 5.74) is 3.08. The second-order valence-corrected chi connectivity index (χ2v) is 6.42. The van der Waals surface area contributed by atoms with Crippen molar-refractivity contribution in [1.82, 2.24) is 24.4 Å². The van der Waals surface area contributed by atoms with Gasteiger partial charge in [0.1, 0.15) is 11.3 Å². The van der Waals surface area contributed by atoms with Crippen LogP contribution in [0.1, 0.15) is 5.69 Å². The Morgan fingerprint density at radius 1 is 1.19 bits per heavy atom. The topological polar surface area (TPSA) is 74.3 Å². The van der Waals surface area contributed by atoms with E-state index in [1.807, 2.05) is 0 Å². The highest BCUT2D eigenvalue weighted by atomic mass is 32.1. The van der Waals surface area contributed by atoms with Gasteiger partial charge in [-0.1, -0.05) is 12.1 Å². The Morgan fingerprint density at radius 2 is 1.96 bits per heavy atom. The minimum absolute atomic E-state index is 0.226. The first-order valence-corrected chi connectivity index (χ1v) is 8.90. The molecule has 0 aliphatic carbocycles. The number of fused-ring (bicyclic) bond motifs is 3. The lowest BCUT2D eigenvalue weighted by Gasteiger charge is -2.05. The van der Waals surface area contributed by atoms with Crippen molar-refractivity contribution in [2.24, 2.45) is 0 Å². The van der Waals surface area contributed by atoms with Crippen molar-refractivity contribution in [1.29, 1.82) is 0 Å². The number of aryl methyl sites for hydroxylation is 1. The highest BCUT2D eigenvalue weighted by Gasteiger charge is 2.19. The number of halogens is 1. The average molecular weight is 385 g/mol. The predicted molar refractivity (Wildman–Crippen MR) is 103 cm³/mol. The SMILES string of the molecule is COCc1nn2c(nnc3c(=O)n(CCS)ccc32)c1-c1ccc(F)cc1. The molecular weight excluding hydrogens is 369 g/mol. The quantitative estimate of drug-likeness (QED) is 0.534. The van der Waals surface area contributed by atoms with Crippen LogP contribution < -0.4 is 5.56 Å². The zero-order valence-corrected chi connectivity index (χ0v) is 15.4. The van der Waals surface area contributed by atoms with Gasteiger partial charge in [0, 0.05) is 25.6 Å². The largest absolute Gasteiger partial charge is 0.378 e. The third kappa shape index (κ3) is 2.98. The van der Waals surface area contributed by atoms with Crippen LogP contribution in [0.2, 0.25) is 0 Å². The molecule has 0 fully saturated rings.